The minimum atomic E-state index is -0.748. The number of carbonyl (C=O) groups is 2. The topological polar surface area (TPSA) is 49.4 Å². The molecule has 1 aliphatic rings. The van der Waals surface area contributed by atoms with Gasteiger partial charge in [-0.2, -0.15) is 0 Å². The maximum Gasteiger partial charge on any atom is 0.242 e. The summed E-state index contributed by atoms with van der Waals surface area (Å²) in [7, 11) is 0. The zero-order chi connectivity index (χ0) is 14.0. The molecule has 0 spiro atoms. The fourth-order valence-electron chi connectivity index (χ4n) is 2.08. The molecule has 4 nitrogen and oxygen atoms in total. The van der Waals surface area contributed by atoms with E-state index in [2.05, 4.69) is 5.32 Å². The van der Waals surface area contributed by atoms with E-state index in [-0.39, 0.29) is 17.9 Å². The van der Waals surface area contributed by atoms with Gasteiger partial charge in [0.2, 0.25) is 11.8 Å². The number of piperazine rings is 1. The summed E-state index contributed by atoms with van der Waals surface area (Å²) in [6, 6.07) is 2.85. The van der Waals surface area contributed by atoms with Gasteiger partial charge in [0, 0.05) is 18.7 Å². The molecule has 0 aliphatic carbocycles. The number of hydrogen-bond acceptors (Lipinski definition) is 2. The van der Waals surface area contributed by atoms with Crippen LogP contribution in [0.5, 0.6) is 0 Å². The third kappa shape index (κ3) is 2.72. The summed E-state index contributed by atoms with van der Waals surface area (Å²) in [5.74, 6) is -2.20. The molecule has 1 fully saturated rings. The van der Waals surface area contributed by atoms with Gasteiger partial charge in [0.25, 0.3) is 0 Å². The molecule has 1 saturated heterocycles. The van der Waals surface area contributed by atoms with Crippen LogP contribution in [-0.2, 0) is 16.0 Å². The van der Waals surface area contributed by atoms with E-state index < -0.39 is 23.6 Å². The molecule has 1 aromatic carbocycles. The summed E-state index contributed by atoms with van der Waals surface area (Å²) in [6.45, 7) is 2.29. The van der Waals surface area contributed by atoms with Crippen LogP contribution in [0.4, 0.5) is 8.78 Å². The molecular weight excluding hydrogens is 254 g/mol. The first-order valence-electron chi connectivity index (χ1n) is 6.00. The van der Waals surface area contributed by atoms with E-state index in [9.17, 15) is 18.4 Å². The molecule has 1 unspecified atom stereocenters. The van der Waals surface area contributed by atoms with Gasteiger partial charge in [-0.3, -0.25) is 9.59 Å². The lowest BCUT2D eigenvalue weighted by atomic mass is 10.1. The van der Waals surface area contributed by atoms with Crippen molar-refractivity contribution in [3.63, 3.8) is 0 Å². The van der Waals surface area contributed by atoms with Gasteiger partial charge in [-0.1, -0.05) is 6.07 Å². The van der Waals surface area contributed by atoms with Crippen molar-refractivity contribution in [3.05, 3.63) is 35.4 Å². The molecule has 0 radical (unpaired) electrons. The highest BCUT2D eigenvalue weighted by Gasteiger charge is 2.29. The van der Waals surface area contributed by atoms with Crippen molar-refractivity contribution in [2.45, 2.75) is 19.4 Å². The number of rotatable bonds is 2. The SMILES string of the molecule is CC1C(=O)NCCN1C(=O)Cc1c(F)cccc1F. The number of nitrogens with zero attached hydrogens (tertiary/aromatic N) is 1. The Balaban J connectivity index is 2.15. The second-order valence-electron chi connectivity index (χ2n) is 4.43. The number of benzene rings is 1. The largest absolute Gasteiger partial charge is 0.353 e. The predicted octanol–water partition coefficient (Wildman–Crippen LogP) is 0.854. The van der Waals surface area contributed by atoms with E-state index in [1.807, 2.05) is 0 Å². The zero-order valence-corrected chi connectivity index (χ0v) is 10.5. The summed E-state index contributed by atoms with van der Waals surface area (Å²) in [5.41, 5.74) is -0.259. The van der Waals surface area contributed by atoms with Crippen LogP contribution in [0.3, 0.4) is 0 Å². The molecule has 0 saturated carbocycles. The Bertz CT molecular complexity index is 499. The first-order chi connectivity index (χ1) is 9.00. The summed E-state index contributed by atoms with van der Waals surface area (Å²) < 4.78 is 26.9. The van der Waals surface area contributed by atoms with Crippen LogP contribution in [0, 0.1) is 11.6 Å². The minimum Gasteiger partial charge on any atom is -0.353 e. The number of halogens is 2. The normalized spacial score (nSPS) is 19.2. The van der Waals surface area contributed by atoms with Crippen molar-refractivity contribution in [1.29, 1.82) is 0 Å². The molecule has 102 valence electrons. The van der Waals surface area contributed by atoms with E-state index in [0.717, 1.165) is 12.1 Å². The fourth-order valence-corrected chi connectivity index (χ4v) is 2.08. The molecule has 0 bridgehead atoms. The monoisotopic (exact) mass is 268 g/mol. The molecule has 6 heteroatoms. The van der Waals surface area contributed by atoms with Crippen LogP contribution in [0.25, 0.3) is 0 Å². The summed E-state index contributed by atoms with van der Waals surface area (Å²) >= 11 is 0. The Hall–Kier alpha value is -1.98. The lowest BCUT2D eigenvalue weighted by Gasteiger charge is -2.32. The quantitative estimate of drug-likeness (QED) is 0.864. The van der Waals surface area contributed by atoms with Crippen LogP contribution >= 0.6 is 0 Å². The van der Waals surface area contributed by atoms with Gasteiger partial charge in [0.1, 0.15) is 17.7 Å². The molecule has 1 aliphatic heterocycles. The average Bonchev–Trinajstić information content (AvgIpc) is 2.37. The number of carbonyl (C=O) groups excluding carboxylic acids is 2. The third-order valence-corrected chi connectivity index (χ3v) is 3.21. The molecule has 2 rings (SSSR count). The standard InChI is InChI=1S/C13H14F2N2O2/c1-8-13(19)16-5-6-17(8)12(18)7-9-10(14)3-2-4-11(9)15/h2-4,8H,5-7H2,1H3,(H,16,19). The maximum absolute atomic E-state index is 13.5. The Morgan fingerprint density at radius 1 is 1.42 bits per heavy atom. The first-order valence-corrected chi connectivity index (χ1v) is 6.00. The fraction of sp³-hybridized carbons (Fsp3) is 0.385. The molecular formula is C13H14F2N2O2. The van der Waals surface area contributed by atoms with Gasteiger partial charge in [-0.15, -0.1) is 0 Å². The summed E-state index contributed by atoms with van der Waals surface area (Å²) in [4.78, 5) is 24.8. The first kappa shape index (κ1) is 13.5. The zero-order valence-electron chi connectivity index (χ0n) is 10.5. The number of amides is 2. The van der Waals surface area contributed by atoms with E-state index in [1.165, 1.54) is 11.0 Å². The van der Waals surface area contributed by atoms with Crippen molar-refractivity contribution in [2.24, 2.45) is 0 Å². The van der Waals surface area contributed by atoms with Crippen molar-refractivity contribution in [2.75, 3.05) is 13.1 Å². The molecule has 1 atom stereocenters. The highest BCUT2D eigenvalue weighted by atomic mass is 19.1. The van der Waals surface area contributed by atoms with E-state index in [4.69, 9.17) is 0 Å². The van der Waals surface area contributed by atoms with Crippen LogP contribution in [0.1, 0.15) is 12.5 Å². The van der Waals surface area contributed by atoms with Crippen LogP contribution in [0.2, 0.25) is 0 Å². The van der Waals surface area contributed by atoms with Gasteiger partial charge >= 0.3 is 0 Å². The molecule has 0 aromatic heterocycles. The Morgan fingerprint density at radius 3 is 2.68 bits per heavy atom. The van der Waals surface area contributed by atoms with Crippen molar-refractivity contribution in [1.82, 2.24) is 10.2 Å². The summed E-state index contributed by atoms with van der Waals surface area (Å²) in [6.07, 6.45) is -0.379. The molecule has 1 N–H and O–H groups in total. The maximum atomic E-state index is 13.5. The number of hydrogen-bond donors (Lipinski definition) is 1. The van der Waals surface area contributed by atoms with Gasteiger partial charge in [0.05, 0.1) is 6.42 Å². The van der Waals surface area contributed by atoms with E-state index >= 15 is 0 Å². The molecule has 2 amide bonds. The smallest absolute Gasteiger partial charge is 0.242 e. The van der Waals surface area contributed by atoms with Crippen LogP contribution in [-0.4, -0.2) is 35.8 Å². The van der Waals surface area contributed by atoms with Crippen LogP contribution < -0.4 is 5.32 Å². The van der Waals surface area contributed by atoms with Crippen molar-refractivity contribution >= 4 is 11.8 Å². The second kappa shape index (κ2) is 5.34. The van der Waals surface area contributed by atoms with Gasteiger partial charge in [-0.25, -0.2) is 8.78 Å². The molecule has 1 heterocycles. The lowest BCUT2D eigenvalue weighted by molar-refractivity contribution is -0.142. The second-order valence-corrected chi connectivity index (χ2v) is 4.43. The van der Waals surface area contributed by atoms with Crippen molar-refractivity contribution in [3.8, 4) is 0 Å². The lowest BCUT2D eigenvalue weighted by Crippen LogP contribution is -2.56. The predicted molar refractivity (Wildman–Crippen MR) is 64.2 cm³/mol. The van der Waals surface area contributed by atoms with Gasteiger partial charge in [0.15, 0.2) is 0 Å². The highest BCUT2D eigenvalue weighted by molar-refractivity contribution is 5.89. The Labute approximate surface area is 109 Å². The highest BCUT2D eigenvalue weighted by Crippen LogP contribution is 2.15. The van der Waals surface area contributed by atoms with E-state index in [0.29, 0.717) is 13.1 Å². The van der Waals surface area contributed by atoms with E-state index in [1.54, 1.807) is 6.92 Å². The van der Waals surface area contributed by atoms with Gasteiger partial charge in [-0.05, 0) is 19.1 Å². The average molecular weight is 268 g/mol. The molecule has 19 heavy (non-hydrogen) atoms. The molecule has 1 aromatic rings. The summed E-state index contributed by atoms with van der Waals surface area (Å²) in [5, 5.41) is 2.62. The minimum absolute atomic E-state index is 0.256. The number of nitrogens with one attached hydrogen (secondary N) is 1. The van der Waals surface area contributed by atoms with Crippen LogP contribution in [0.15, 0.2) is 18.2 Å². The van der Waals surface area contributed by atoms with Gasteiger partial charge < -0.3 is 10.2 Å². The third-order valence-electron chi connectivity index (χ3n) is 3.21. The Kier molecular flexibility index (Phi) is 3.78. The van der Waals surface area contributed by atoms with Crippen molar-refractivity contribution < 1.29 is 18.4 Å². The Morgan fingerprint density at radius 2 is 2.05 bits per heavy atom.